The molecule has 2 rings (SSSR count). The van der Waals surface area contributed by atoms with Crippen molar-refractivity contribution in [2.75, 3.05) is 7.11 Å². The summed E-state index contributed by atoms with van der Waals surface area (Å²) in [7, 11) is 1.59. The molecule has 0 amide bonds. The molecule has 0 aromatic carbocycles. The van der Waals surface area contributed by atoms with Gasteiger partial charge in [-0.05, 0) is 17.7 Å². The predicted molar refractivity (Wildman–Crippen MR) is 59.0 cm³/mol. The van der Waals surface area contributed by atoms with Gasteiger partial charge < -0.3 is 4.74 Å². The fourth-order valence-electron chi connectivity index (χ4n) is 1.37. The third kappa shape index (κ3) is 1.92. The van der Waals surface area contributed by atoms with Gasteiger partial charge in [0.05, 0.1) is 7.11 Å². The summed E-state index contributed by atoms with van der Waals surface area (Å²) >= 11 is 5.98. The quantitative estimate of drug-likeness (QED) is 0.781. The Balaban J connectivity index is 2.58. The third-order valence-electron chi connectivity index (χ3n) is 2.05. The molecule has 0 saturated heterocycles. The molecule has 3 nitrogen and oxygen atoms in total. The van der Waals surface area contributed by atoms with Crippen molar-refractivity contribution in [3.8, 4) is 16.9 Å². The maximum absolute atomic E-state index is 5.98. The van der Waals surface area contributed by atoms with Gasteiger partial charge in [0.15, 0.2) is 0 Å². The Kier molecular flexibility index (Phi) is 2.83. The number of methoxy groups -OCH3 is 1. The first kappa shape index (κ1) is 9.93. The average Bonchev–Trinajstić information content (AvgIpc) is 2.30. The van der Waals surface area contributed by atoms with Gasteiger partial charge in [-0.1, -0.05) is 11.6 Å². The SMILES string of the molecule is COc1c(Cl)cncc1-c1ccncc1. The van der Waals surface area contributed by atoms with Crippen molar-refractivity contribution >= 4 is 11.6 Å². The lowest BCUT2D eigenvalue weighted by Crippen LogP contribution is -1.90. The molecule has 15 heavy (non-hydrogen) atoms. The van der Waals surface area contributed by atoms with Gasteiger partial charge in [-0.2, -0.15) is 0 Å². The van der Waals surface area contributed by atoms with Crippen molar-refractivity contribution in [2.45, 2.75) is 0 Å². The molecule has 2 aromatic rings. The van der Waals surface area contributed by atoms with E-state index in [0.717, 1.165) is 11.1 Å². The highest BCUT2D eigenvalue weighted by Gasteiger charge is 2.09. The van der Waals surface area contributed by atoms with Crippen molar-refractivity contribution < 1.29 is 4.74 Å². The Morgan fingerprint density at radius 1 is 1.13 bits per heavy atom. The number of hydrogen-bond donors (Lipinski definition) is 0. The molecule has 0 unspecified atom stereocenters. The largest absolute Gasteiger partial charge is 0.494 e. The fourth-order valence-corrected chi connectivity index (χ4v) is 1.60. The molecular weight excluding hydrogens is 212 g/mol. The molecule has 2 aromatic heterocycles. The summed E-state index contributed by atoms with van der Waals surface area (Å²) in [5.41, 5.74) is 1.85. The summed E-state index contributed by atoms with van der Waals surface area (Å²) in [4.78, 5) is 7.99. The van der Waals surface area contributed by atoms with E-state index in [-0.39, 0.29) is 0 Å². The second-order valence-electron chi connectivity index (χ2n) is 2.94. The lowest BCUT2D eigenvalue weighted by Gasteiger charge is -2.08. The van der Waals surface area contributed by atoms with Gasteiger partial charge in [0.25, 0.3) is 0 Å². The van der Waals surface area contributed by atoms with Crippen LogP contribution < -0.4 is 4.74 Å². The number of ether oxygens (including phenoxy) is 1. The fraction of sp³-hybridized carbons (Fsp3) is 0.0909. The molecule has 0 fully saturated rings. The van der Waals surface area contributed by atoms with Crippen LogP contribution in [0.25, 0.3) is 11.1 Å². The molecule has 0 aliphatic heterocycles. The van der Waals surface area contributed by atoms with Crippen molar-refractivity contribution in [1.29, 1.82) is 0 Å². The normalized spacial score (nSPS) is 10.0. The van der Waals surface area contributed by atoms with Gasteiger partial charge in [-0.25, -0.2) is 0 Å². The number of rotatable bonds is 2. The summed E-state index contributed by atoms with van der Waals surface area (Å²) in [6, 6.07) is 3.77. The van der Waals surface area contributed by atoms with Gasteiger partial charge in [-0.3, -0.25) is 9.97 Å². The van der Waals surface area contributed by atoms with Crippen LogP contribution in [0.15, 0.2) is 36.9 Å². The number of halogens is 1. The summed E-state index contributed by atoms with van der Waals surface area (Å²) in [5, 5.41) is 0.506. The predicted octanol–water partition coefficient (Wildman–Crippen LogP) is 2.81. The standard InChI is InChI=1S/C11H9ClN2O/c1-15-11-9(6-14-7-10(11)12)8-2-4-13-5-3-8/h2-7H,1H3. The average molecular weight is 221 g/mol. The van der Waals surface area contributed by atoms with Crippen LogP contribution in [-0.4, -0.2) is 17.1 Å². The summed E-state index contributed by atoms with van der Waals surface area (Å²) < 4.78 is 5.24. The molecule has 0 atom stereocenters. The van der Waals surface area contributed by atoms with E-state index in [1.54, 1.807) is 31.9 Å². The van der Waals surface area contributed by atoms with E-state index in [1.165, 1.54) is 0 Å². The first-order valence-electron chi connectivity index (χ1n) is 4.41. The molecular formula is C11H9ClN2O. The van der Waals surface area contributed by atoms with E-state index in [1.807, 2.05) is 12.1 Å². The van der Waals surface area contributed by atoms with Gasteiger partial charge in [0.1, 0.15) is 10.8 Å². The van der Waals surface area contributed by atoms with E-state index in [4.69, 9.17) is 16.3 Å². The van der Waals surface area contributed by atoms with E-state index >= 15 is 0 Å². The number of hydrogen-bond acceptors (Lipinski definition) is 3. The molecule has 4 heteroatoms. The molecule has 0 bridgehead atoms. The Bertz CT molecular complexity index is 459. The monoisotopic (exact) mass is 220 g/mol. The molecule has 0 aliphatic rings. The second kappa shape index (κ2) is 4.28. The van der Waals surface area contributed by atoms with Crippen LogP contribution in [0.1, 0.15) is 0 Å². The maximum atomic E-state index is 5.98. The zero-order valence-electron chi connectivity index (χ0n) is 8.14. The molecule has 0 saturated carbocycles. The molecule has 0 N–H and O–H groups in total. The first-order chi connectivity index (χ1) is 7.33. The first-order valence-corrected chi connectivity index (χ1v) is 4.78. The van der Waals surface area contributed by atoms with Crippen LogP contribution in [-0.2, 0) is 0 Å². The number of pyridine rings is 2. The Hall–Kier alpha value is -1.61. The summed E-state index contributed by atoms with van der Waals surface area (Å²) in [5.74, 6) is 0.637. The van der Waals surface area contributed by atoms with Crippen molar-refractivity contribution in [3.63, 3.8) is 0 Å². The van der Waals surface area contributed by atoms with Gasteiger partial charge in [0, 0.05) is 30.4 Å². The van der Waals surface area contributed by atoms with Crippen LogP contribution in [0, 0.1) is 0 Å². The topological polar surface area (TPSA) is 35.0 Å². The molecule has 2 heterocycles. The summed E-state index contributed by atoms with van der Waals surface area (Å²) in [6.45, 7) is 0. The second-order valence-corrected chi connectivity index (χ2v) is 3.35. The van der Waals surface area contributed by atoms with Crippen molar-refractivity contribution in [1.82, 2.24) is 9.97 Å². The number of aromatic nitrogens is 2. The molecule has 76 valence electrons. The number of nitrogens with zero attached hydrogens (tertiary/aromatic N) is 2. The Morgan fingerprint density at radius 3 is 2.53 bits per heavy atom. The highest BCUT2D eigenvalue weighted by Crippen LogP contribution is 2.34. The smallest absolute Gasteiger partial charge is 0.148 e. The van der Waals surface area contributed by atoms with Crippen molar-refractivity contribution in [2.24, 2.45) is 0 Å². The van der Waals surface area contributed by atoms with Crippen LogP contribution in [0.5, 0.6) is 5.75 Å². The zero-order chi connectivity index (χ0) is 10.7. The van der Waals surface area contributed by atoms with Gasteiger partial charge in [-0.15, -0.1) is 0 Å². The van der Waals surface area contributed by atoms with Gasteiger partial charge >= 0.3 is 0 Å². The van der Waals surface area contributed by atoms with Crippen LogP contribution in [0.4, 0.5) is 0 Å². The highest BCUT2D eigenvalue weighted by molar-refractivity contribution is 6.32. The van der Waals surface area contributed by atoms with Crippen LogP contribution in [0.2, 0.25) is 5.02 Å². The van der Waals surface area contributed by atoms with E-state index in [0.29, 0.717) is 10.8 Å². The third-order valence-corrected chi connectivity index (χ3v) is 2.32. The van der Waals surface area contributed by atoms with Gasteiger partial charge in [0.2, 0.25) is 0 Å². The molecule has 0 spiro atoms. The lowest BCUT2D eigenvalue weighted by atomic mass is 10.1. The van der Waals surface area contributed by atoms with E-state index < -0.39 is 0 Å². The molecule has 0 radical (unpaired) electrons. The minimum absolute atomic E-state index is 0.506. The van der Waals surface area contributed by atoms with Crippen molar-refractivity contribution in [3.05, 3.63) is 41.9 Å². The minimum atomic E-state index is 0.506. The zero-order valence-corrected chi connectivity index (χ0v) is 8.90. The maximum Gasteiger partial charge on any atom is 0.148 e. The van der Waals surface area contributed by atoms with E-state index in [2.05, 4.69) is 9.97 Å². The van der Waals surface area contributed by atoms with Crippen LogP contribution >= 0.6 is 11.6 Å². The van der Waals surface area contributed by atoms with Crippen LogP contribution in [0.3, 0.4) is 0 Å². The Morgan fingerprint density at radius 2 is 1.87 bits per heavy atom. The lowest BCUT2D eigenvalue weighted by molar-refractivity contribution is 0.416. The Labute approximate surface area is 92.7 Å². The minimum Gasteiger partial charge on any atom is -0.494 e. The van der Waals surface area contributed by atoms with E-state index in [9.17, 15) is 0 Å². The summed E-state index contributed by atoms with van der Waals surface area (Å²) in [6.07, 6.45) is 6.72. The molecule has 0 aliphatic carbocycles. The highest BCUT2D eigenvalue weighted by atomic mass is 35.5.